The molecule has 0 atom stereocenters. The fraction of sp³-hybridized carbons (Fsp3) is 0.0400. The summed E-state index contributed by atoms with van der Waals surface area (Å²) < 4.78 is 10.8. The molecule has 0 aliphatic heterocycles. The molecule has 2 aromatic heterocycles. The van der Waals surface area contributed by atoms with Crippen LogP contribution >= 0.6 is 0 Å². The Morgan fingerprint density at radius 3 is 1.50 bits per heavy atom. The van der Waals surface area contributed by atoms with Gasteiger partial charge in [-0.1, -0.05) is 36.4 Å². The van der Waals surface area contributed by atoms with E-state index in [9.17, 15) is 24.9 Å². The molecule has 0 bridgehead atoms. The van der Waals surface area contributed by atoms with Crippen molar-refractivity contribution in [2.45, 2.75) is 5.92 Å². The maximum absolute atomic E-state index is 13.0. The smallest absolute Gasteiger partial charge is 0.344 e. The lowest BCUT2D eigenvalue weighted by molar-refractivity contribution is 0.441. The van der Waals surface area contributed by atoms with E-state index in [1.54, 1.807) is 36.4 Å². The van der Waals surface area contributed by atoms with Gasteiger partial charge in [-0.25, -0.2) is 9.59 Å². The molecule has 7 nitrogen and oxygen atoms in total. The van der Waals surface area contributed by atoms with E-state index in [-0.39, 0.29) is 50.3 Å². The molecule has 0 aliphatic carbocycles. The zero-order chi connectivity index (χ0) is 22.4. The molecule has 0 saturated heterocycles. The third-order valence-corrected chi connectivity index (χ3v) is 5.44. The van der Waals surface area contributed by atoms with Gasteiger partial charge in [0.05, 0.1) is 27.8 Å². The zero-order valence-corrected chi connectivity index (χ0v) is 16.5. The van der Waals surface area contributed by atoms with Gasteiger partial charge in [-0.05, 0) is 42.0 Å². The first-order valence-electron chi connectivity index (χ1n) is 9.74. The summed E-state index contributed by atoms with van der Waals surface area (Å²) in [5.41, 5.74) is -1.48. The second kappa shape index (κ2) is 7.31. The van der Waals surface area contributed by atoms with E-state index in [4.69, 9.17) is 8.83 Å². The molecule has 0 amide bonds. The first-order chi connectivity index (χ1) is 15.5. The molecule has 3 N–H and O–H groups in total. The van der Waals surface area contributed by atoms with Crippen LogP contribution in [0, 0.1) is 0 Å². The van der Waals surface area contributed by atoms with E-state index >= 15 is 0 Å². The minimum atomic E-state index is -1.22. The quantitative estimate of drug-likeness (QED) is 0.368. The number of phenols is 1. The molecule has 0 radical (unpaired) electrons. The second-order valence-corrected chi connectivity index (χ2v) is 7.32. The predicted octanol–water partition coefficient (Wildman–Crippen LogP) is 4.20. The number of fused-ring (bicyclic) bond motifs is 2. The summed E-state index contributed by atoms with van der Waals surface area (Å²) in [5.74, 6) is -2.00. The van der Waals surface area contributed by atoms with Crippen molar-refractivity contribution in [2.24, 2.45) is 0 Å². The van der Waals surface area contributed by atoms with Gasteiger partial charge in [0.15, 0.2) is 0 Å². The molecular weight excluding hydrogens is 412 g/mol. The predicted molar refractivity (Wildman–Crippen MR) is 117 cm³/mol. The molecule has 32 heavy (non-hydrogen) atoms. The van der Waals surface area contributed by atoms with E-state index in [1.165, 1.54) is 36.4 Å². The first-order valence-corrected chi connectivity index (χ1v) is 9.74. The number of rotatable bonds is 3. The second-order valence-electron chi connectivity index (χ2n) is 7.32. The van der Waals surface area contributed by atoms with Crippen molar-refractivity contribution in [1.29, 1.82) is 0 Å². The van der Waals surface area contributed by atoms with Crippen LogP contribution in [0.15, 0.2) is 91.2 Å². The molecule has 0 spiro atoms. The first kappa shape index (κ1) is 19.4. The molecule has 7 heteroatoms. The summed E-state index contributed by atoms with van der Waals surface area (Å²) >= 11 is 0. The van der Waals surface area contributed by atoms with Crippen LogP contribution in [-0.2, 0) is 0 Å². The third kappa shape index (κ3) is 2.99. The highest BCUT2D eigenvalue weighted by Gasteiger charge is 2.32. The van der Waals surface area contributed by atoms with Gasteiger partial charge in [-0.2, -0.15) is 0 Å². The van der Waals surface area contributed by atoms with Gasteiger partial charge in [0.25, 0.3) is 0 Å². The minimum Gasteiger partial charge on any atom is -0.508 e. The minimum absolute atomic E-state index is 0.0305. The maximum atomic E-state index is 13.0. The third-order valence-electron chi connectivity index (χ3n) is 5.44. The number of phenolic OH excluding ortho intramolecular Hbond substituents is 1. The van der Waals surface area contributed by atoms with Gasteiger partial charge in [-0.3, -0.25) is 0 Å². The van der Waals surface area contributed by atoms with Crippen molar-refractivity contribution in [1.82, 2.24) is 0 Å². The Balaban J connectivity index is 1.91. The Labute approximate surface area is 180 Å². The Bertz CT molecular complexity index is 1490. The SMILES string of the molecule is O=c1oc2ccccc2c(O)c1C(c1ccc(O)cc1)c1c(O)c2ccccc2oc1=O. The average molecular weight is 428 g/mol. The van der Waals surface area contributed by atoms with Crippen molar-refractivity contribution in [3.63, 3.8) is 0 Å². The van der Waals surface area contributed by atoms with Crippen LogP contribution in [0.1, 0.15) is 22.6 Å². The van der Waals surface area contributed by atoms with E-state index < -0.39 is 17.2 Å². The normalized spacial score (nSPS) is 11.4. The number of hydrogen-bond acceptors (Lipinski definition) is 7. The molecule has 0 fully saturated rings. The monoisotopic (exact) mass is 428 g/mol. The summed E-state index contributed by atoms with van der Waals surface area (Å²) in [6.07, 6.45) is 0. The highest BCUT2D eigenvalue weighted by atomic mass is 16.4. The lowest BCUT2D eigenvalue weighted by atomic mass is 9.84. The maximum Gasteiger partial charge on any atom is 0.344 e. The summed E-state index contributed by atoms with van der Waals surface area (Å²) in [7, 11) is 0. The molecule has 0 unspecified atom stereocenters. The molecule has 3 aromatic carbocycles. The molecule has 5 aromatic rings. The topological polar surface area (TPSA) is 121 Å². The van der Waals surface area contributed by atoms with Crippen molar-refractivity contribution in [2.75, 3.05) is 0 Å². The largest absolute Gasteiger partial charge is 0.508 e. The van der Waals surface area contributed by atoms with Gasteiger partial charge in [0.2, 0.25) is 0 Å². The lowest BCUT2D eigenvalue weighted by Crippen LogP contribution is -2.21. The molecule has 0 aliphatic rings. The van der Waals surface area contributed by atoms with E-state index in [0.717, 1.165) is 0 Å². The van der Waals surface area contributed by atoms with Crippen LogP contribution < -0.4 is 11.3 Å². The van der Waals surface area contributed by atoms with E-state index in [0.29, 0.717) is 5.56 Å². The van der Waals surface area contributed by atoms with Gasteiger partial charge < -0.3 is 24.2 Å². The van der Waals surface area contributed by atoms with Crippen LogP contribution in [0.3, 0.4) is 0 Å². The number of benzene rings is 3. The summed E-state index contributed by atoms with van der Waals surface area (Å²) in [6.45, 7) is 0. The average Bonchev–Trinajstić information content (AvgIpc) is 2.78. The Morgan fingerprint density at radius 1 is 0.594 bits per heavy atom. The van der Waals surface area contributed by atoms with Crippen LogP contribution in [0.4, 0.5) is 0 Å². The van der Waals surface area contributed by atoms with Crippen LogP contribution in [0.5, 0.6) is 17.2 Å². The van der Waals surface area contributed by atoms with Crippen molar-refractivity contribution >= 4 is 21.9 Å². The zero-order valence-electron chi connectivity index (χ0n) is 16.5. The van der Waals surface area contributed by atoms with Gasteiger partial charge in [-0.15, -0.1) is 0 Å². The van der Waals surface area contributed by atoms with Crippen molar-refractivity contribution in [3.05, 3.63) is 110 Å². The molecule has 0 saturated carbocycles. The Hall–Kier alpha value is -4.52. The summed E-state index contributed by atoms with van der Waals surface area (Å²) in [5, 5.41) is 32.4. The van der Waals surface area contributed by atoms with Crippen LogP contribution in [-0.4, -0.2) is 15.3 Å². The Kier molecular flexibility index (Phi) is 4.44. The van der Waals surface area contributed by atoms with Crippen LogP contribution in [0.25, 0.3) is 21.9 Å². The van der Waals surface area contributed by atoms with Crippen molar-refractivity contribution in [3.8, 4) is 17.2 Å². The fourth-order valence-electron chi connectivity index (χ4n) is 3.95. The number of para-hydroxylation sites is 2. The Morgan fingerprint density at radius 2 is 1.03 bits per heavy atom. The van der Waals surface area contributed by atoms with Gasteiger partial charge >= 0.3 is 11.3 Å². The summed E-state index contributed by atoms with van der Waals surface area (Å²) in [4.78, 5) is 26.0. The van der Waals surface area contributed by atoms with E-state index in [1.807, 2.05) is 0 Å². The fourth-order valence-corrected chi connectivity index (χ4v) is 3.95. The molecule has 5 rings (SSSR count). The lowest BCUT2D eigenvalue weighted by Gasteiger charge is -2.19. The van der Waals surface area contributed by atoms with Gasteiger partial charge in [0.1, 0.15) is 28.4 Å². The standard InChI is InChI=1S/C25H16O7/c26-14-11-9-13(10-12-14)19(20-22(27)15-5-1-3-7-17(15)31-24(20)29)21-23(28)16-6-2-4-8-18(16)32-25(21)30/h1-12,19,26-28H. The molecular formula is C25H16O7. The molecule has 2 heterocycles. The van der Waals surface area contributed by atoms with E-state index in [2.05, 4.69) is 0 Å². The highest BCUT2D eigenvalue weighted by molar-refractivity contribution is 5.86. The van der Waals surface area contributed by atoms with Crippen molar-refractivity contribution < 1.29 is 24.2 Å². The summed E-state index contributed by atoms with van der Waals surface area (Å²) in [6, 6.07) is 18.6. The van der Waals surface area contributed by atoms with Crippen LogP contribution in [0.2, 0.25) is 0 Å². The number of aromatic hydroxyl groups is 3. The highest BCUT2D eigenvalue weighted by Crippen LogP contribution is 2.42. The number of hydrogen-bond donors (Lipinski definition) is 3. The molecule has 158 valence electrons. The van der Waals surface area contributed by atoms with Gasteiger partial charge in [0, 0.05) is 0 Å².